The first-order valence-corrected chi connectivity index (χ1v) is 5.65. The average molecular weight is 256 g/mol. The predicted molar refractivity (Wildman–Crippen MR) is 61.5 cm³/mol. The molecule has 1 N–H and O–H groups in total. The first-order chi connectivity index (χ1) is 8.56. The molecule has 18 heavy (non-hydrogen) atoms. The Morgan fingerprint density at radius 1 is 1.50 bits per heavy atom. The van der Waals surface area contributed by atoms with Gasteiger partial charge in [-0.1, -0.05) is 0 Å². The lowest BCUT2D eigenvalue weighted by Gasteiger charge is -2.38. The van der Waals surface area contributed by atoms with Gasteiger partial charge in [0.2, 0.25) is 11.9 Å². The highest BCUT2D eigenvalue weighted by Gasteiger charge is 2.34. The van der Waals surface area contributed by atoms with Crippen molar-refractivity contribution in [1.82, 2.24) is 15.3 Å². The molecular formula is C11H14F2N4O. The maximum Gasteiger partial charge on any atom is 0.255 e. The molecule has 2 rings (SSSR count). The molecule has 7 heteroatoms. The van der Waals surface area contributed by atoms with E-state index in [-0.39, 0.29) is 11.8 Å². The Balaban J connectivity index is 1.79. The van der Waals surface area contributed by atoms with Gasteiger partial charge in [0.25, 0.3) is 6.43 Å². The molecule has 5 nitrogen and oxygen atoms in total. The van der Waals surface area contributed by atoms with E-state index in [0.29, 0.717) is 19.0 Å². The monoisotopic (exact) mass is 256 g/mol. The molecule has 2 heterocycles. The van der Waals surface area contributed by atoms with Crippen LogP contribution in [-0.2, 0) is 4.79 Å². The molecule has 0 unspecified atom stereocenters. The first-order valence-electron chi connectivity index (χ1n) is 5.65. The number of hydrogen-bond donors (Lipinski definition) is 1. The average Bonchev–Trinajstić information content (AvgIpc) is 2.27. The van der Waals surface area contributed by atoms with Crippen LogP contribution in [0.1, 0.15) is 5.56 Å². The van der Waals surface area contributed by atoms with Crippen molar-refractivity contribution in [1.29, 1.82) is 0 Å². The molecule has 1 fully saturated rings. The summed E-state index contributed by atoms with van der Waals surface area (Å²) in [5, 5.41) is 2.21. The first kappa shape index (κ1) is 12.7. The third kappa shape index (κ3) is 2.91. The Morgan fingerprint density at radius 3 is 2.67 bits per heavy atom. The van der Waals surface area contributed by atoms with E-state index in [1.54, 1.807) is 12.4 Å². The Morgan fingerprint density at radius 2 is 2.11 bits per heavy atom. The van der Waals surface area contributed by atoms with Gasteiger partial charge in [0.15, 0.2) is 0 Å². The van der Waals surface area contributed by atoms with Gasteiger partial charge in [-0.05, 0) is 12.5 Å². The van der Waals surface area contributed by atoms with Crippen LogP contribution in [-0.4, -0.2) is 41.9 Å². The summed E-state index contributed by atoms with van der Waals surface area (Å²) < 4.78 is 23.8. The fourth-order valence-corrected chi connectivity index (χ4v) is 1.68. The topological polar surface area (TPSA) is 58.1 Å². The van der Waals surface area contributed by atoms with E-state index in [9.17, 15) is 13.6 Å². The van der Waals surface area contributed by atoms with E-state index in [2.05, 4.69) is 15.3 Å². The Bertz CT molecular complexity index is 418. The molecule has 98 valence electrons. The van der Waals surface area contributed by atoms with E-state index < -0.39 is 13.0 Å². The quantitative estimate of drug-likeness (QED) is 0.857. The van der Waals surface area contributed by atoms with Crippen molar-refractivity contribution in [2.45, 2.75) is 13.3 Å². The summed E-state index contributed by atoms with van der Waals surface area (Å²) in [5.41, 5.74) is 0.963. The minimum atomic E-state index is -2.51. The van der Waals surface area contributed by atoms with Crippen LogP contribution < -0.4 is 10.2 Å². The SMILES string of the molecule is Cc1cnc(N2CC(C(=O)NCC(F)F)C2)nc1. The molecule has 0 bridgehead atoms. The number of carbonyl (C=O) groups is 1. The van der Waals surface area contributed by atoms with Crippen molar-refractivity contribution in [3.63, 3.8) is 0 Å². The number of hydrogen-bond acceptors (Lipinski definition) is 4. The van der Waals surface area contributed by atoms with Crippen molar-refractivity contribution in [3.8, 4) is 0 Å². The number of rotatable bonds is 4. The number of anilines is 1. The zero-order valence-corrected chi connectivity index (χ0v) is 9.94. The summed E-state index contributed by atoms with van der Waals surface area (Å²) in [4.78, 5) is 21.6. The van der Waals surface area contributed by atoms with Crippen molar-refractivity contribution in [2.24, 2.45) is 5.92 Å². The molecule has 1 aromatic rings. The molecule has 1 saturated heterocycles. The molecule has 1 amide bonds. The maximum absolute atomic E-state index is 11.9. The Kier molecular flexibility index (Phi) is 3.69. The third-order valence-electron chi connectivity index (χ3n) is 2.73. The lowest BCUT2D eigenvalue weighted by molar-refractivity contribution is -0.126. The van der Waals surface area contributed by atoms with Crippen LogP contribution in [0, 0.1) is 12.8 Å². The summed E-state index contributed by atoms with van der Waals surface area (Å²) in [6.07, 6.45) is 0.893. The molecular weight excluding hydrogens is 242 g/mol. The zero-order valence-electron chi connectivity index (χ0n) is 9.94. The second-order valence-corrected chi connectivity index (χ2v) is 4.30. The standard InChI is InChI=1S/C11H14F2N4O/c1-7-2-15-11(16-3-7)17-5-8(6-17)10(18)14-4-9(12)13/h2-3,8-9H,4-6H2,1H3,(H,14,18). The van der Waals surface area contributed by atoms with Gasteiger partial charge in [-0.15, -0.1) is 0 Å². The van der Waals surface area contributed by atoms with Gasteiger partial charge in [-0.25, -0.2) is 18.7 Å². The van der Waals surface area contributed by atoms with Crippen LogP contribution in [0.25, 0.3) is 0 Å². The van der Waals surface area contributed by atoms with Gasteiger partial charge in [0, 0.05) is 25.5 Å². The van der Waals surface area contributed by atoms with Crippen LogP contribution >= 0.6 is 0 Å². The summed E-state index contributed by atoms with van der Waals surface area (Å²) in [6.45, 7) is 2.24. The van der Waals surface area contributed by atoms with Crippen molar-refractivity contribution >= 4 is 11.9 Å². The van der Waals surface area contributed by atoms with E-state index in [1.165, 1.54) is 0 Å². The number of carbonyl (C=O) groups excluding carboxylic acids is 1. The lowest BCUT2D eigenvalue weighted by atomic mass is 10.00. The lowest BCUT2D eigenvalue weighted by Crippen LogP contribution is -2.54. The summed E-state index contributed by atoms with van der Waals surface area (Å²) >= 11 is 0. The van der Waals surface area contributed by atoms with E-state index in [1.807, 2.05) is 11.8 Å². The smallest absolute Gasteiger partial charge is 0.255 e. The minimum absolute atomic E-state index is 0.256. The van der Waals surface area contributed by atoms with Crippen molar-refractivity contribution in [3.05, 3.63) is 18.0 Å². The molecule has 0 aliphatic carbocycles. The largest absolute Gasteiger partial charge is 0.350 e. The molecule has 1 aliphatic rings. The highest BCUT2D eigenvalue weighted by atomic mass is 19.3. The van der Waals surface area contributed by atoms with E-state index in [4.69, 9.17) is 0 Å². The van der Waals surface area contributed by atoms with E-state index in [0.717, 1.165) is 5.56 Å². The van der Waals surface area contributed by atoms with Gasteiger partial charge < -0.3 is 10.2 Å². The normalized spacial score (nSPS) is 15.7. The van der Waals surface area contributed by atoms with Gasteiger partial charge in [-0.2, -0.15) is 0 Å². The second kappa shape index (κ2) is 5.24. The number of amides is 1. The third-order valence-corrected chi connectivity index (χ3v) is 2.73. The number of halogens is 2. The molecule has 0 aromatic carbocycles. The minimum Gasteiger partial charge on any atom is -0.350 e. The van der Waals surface area contributed by atoms with Crippen LogP contribution in [0.15, 0.2) is 12.4 Å². The summed E-state index contributed by atoms with van der Waals surface area (Å²) in [6, 6.07) is 0. The highest BCUT2D eigenvalue weighted by Crippen LogP contribution is 2.20. The number of aryl methyl sites for hydroxylation is 1. The highest BCUT2D eigenvalue weighted by molar-refractivity contribution is 5.81. The summed E-state index contributed by atoms with van der Waals surface area (Å²) in [5.74, 6) is -0.0224. The van der Waals surface area contributed by atoms with Gasteiger partial charge in [0.05, 0.1) is 12.5 Å². The number of aromatic nitrogens is 2. The molecule has 0 radical (unpaired) electrons. The van der Waals surface area contributed by atoms with Gasteiger partial charge in [0.1, 0.15) is 0 Å². The number of nitrogens with zero attached hydrogens (tertiary/aromatic N) is 3. The molecule has 0 spiro atoms. The molecule has 1 aliphatic heterocycles. The van der Waals surface area contributed by atoms with Crippen LogP contribution in [0.2, 0.25) is 0 Å². The predicted octanol–water partition coefficient (Wildman–Crippen LogP) is 0.603. The molecule has 0 atom stereocenters. The van der Waals surface area contributed by atoms with Gasteiger partial charge in [-0.3, -0.25) is 4.79 Å². The zero-order chi connectivity index (χ0) is 13.1. The van der Waals surface area contributed by atoms with E-state index >= 15 is 0 Å². The van der Waals surface area contributed by atoms with Crippen molar-refractivity contribution in [2.75, 3.05) is 24.5 Å². The Labute approximate surface area is 103 Å². The Hall–Kier alpha value is -1.79. The molecule has 1 aromatic heterocycles. The fraction of sp³-hybridized carbons (Fsp3) is 0.545. The number of alkyl halides is 2. The van der Waals surface area contributed by atoms with Gasteiger partial charge >= 0.3 is 0 Å². The molecule has 0 saturated carbocycles. The van der Waals surface area contributed by atoms with Crippen LogP contribution in [0.4, 0.5) is 14.7 Å². The number of nitrogens with one attached hydrogen (secondary N) is 1. The summed E-state index contributed by atoms with van der Waals surface area (Å²) in [7, 11) is 0. The van der Waals surface area contributed by atoms with Crippen LogP contribution in [0.3, 0.4) is 0 Å². The fourth-order valence-electron chi connectivity index (χ4n) is 1.68. The maximum atomic E-state index is 11.9. The van der Waals surface area contributed by atoms with Crippen molar-refractivity contribution < 1.29 is 13.6 Å². The van der Waals surface area contributed by atoms with Crippen LogP contribution in [0.5, 0.6) is 0 Å². The second-order valence-electron chi connectivity index (χ2n) is 4.30.